The molecule has 0 aliphatic rings. The standard InChI is InChI=1S/C10H17NS2/c1-3-6-11(2)7-9-13-10-5-4-8-12-10/h4-5,8H,3,6-7,9H2,1-2H3. The van der Waals surface area contributed by atoms with Crippen LogP contribution in [0.1, 0.15) is 13.3 Å². The number of thioether (sulfide) groups is 1. The van der Waals surface area contributed by atoms with Crippen molar-refractivity contribution in [2.45, 2.75) is 17.6 Å². The van der Waals surface area contributed by atoms with Gasteiger partial charge in [0.15, 0.2) is 0 Å². The highest BCUT2D eigenvalue weighted by molar-refractivity contribution is 8.01. The van der Waals surface area contributed by atoms with Crippen molar-refractivity contribution >= 4 is 23.1 Å². The van der Waals surface area contributed by atoms with E-state index >= 15 is 0 Å². The van der Waals surface area contributed by atoms with Gasteiger partial charge in [-0.1, -0.05) is 13.0 Å². The van der Waals surface area contributed by atoms with Gasteiger partial charge in [0, 0.05) is 12.3 Å². The second-order valence-corrected chi connectivity index (χ2v) is 5.43. The van der Waals surface area contributed by atoms with Crippen LogP contribution in [-0.4, -0.2) is 30.8 Å². The molecule has 1 nitrogen and oxygen atoms in total. The van der Waals surface area contributed by atoms with Crippen LogP contribution in [0.3, 0.4) is 0 Å². The smallest absolute Gasteiger partial charge is 0.0598 e. The molecule has 1 heterocycles. The Kier molecular flexibility index (Phi) is 5.51. The fourth-order valence-electron chi connectivity index (χ4n) is 1.14. The van der Waals surface area contributed by atoms with Crippen molar-refractivity contribution in [3.63, 3.8) is 0 Å². The van der Waals surface area contributed by atoms with Gasteiger partial charge in [0.25, 0.3) is 0 Å². The molecule has 0 aliphatic heterocycles. The van der Waals surface area contributed by atoms with Crippen molar-refractivity contribution in [1.82, 2.24) is 4.90 Å². The van der Waals surface area contributed by atoms with E-state index in [4.69, 9.17) is 0 Å². The molecule has 0 saturated carbocycles. The summed E-state index contributed by atoms with van der Waals surface area (Å²) in [5.41, 5.74) is 0. The van der Waals surface area contributed by atoms with Crippen LogP contribution in [0.25, 0.3) is 0 Å². The number of thiophene rings is 1. The van der Waals surface area contributed by atoms with Crippen LogP contribution in [0.2, 0.25) is 0 Å². The third-order valence-electron chi connectivity index (χ3n) is 1.82. The summed E-state index contributed by atoms with van der Waals surface area (Å²) in [6, 6.07) is 4.30. The molecule has 1 rings (SSSR count). The topological polar surface area (TPSA) is 3.24 Å². The highest BCUT2D eigenvalue weighted by Gasteiger charge is 1.97. The molecular formula is C10H17NS2. The minimum Gasteiger partial charge on any atom is -0.306 e. The van der Waals surface area contributed by atoms with Crippen molar-refractivity contribution < 1.29 is 0 Å². The summed E-state index contributed by atoms with van der Waals surface area (Å²) >= 11 is 3.79. The van der Waals surface area contributed by atoms with Gasteiger partial charge in [-0.2, -0.15) is 0 Å². The van der Waals surface area contributed by atoms with Gasteiger partial charge in [0.2, 0.25) is 0 Å². The molecule has 0 saturated heterocycles. The first-order valence-electron chi connectivity index (χ1n) is 4.67. The second-order valence-electron chi connectivity index (χ2n) is 3.08. The average molecular weight is 215 g/mol. The van der Waals surface area contributed by atoms with Gasteiger partial charge < -0.3 is 4.90 Å². The monoisotopic (exact) mass is 215 g/mol. The van der Waals surface area contributed by atoms with Crippen molar-refractivity contribution in [3.8, 4) is 0 Å². The molecule has 0 atom stereocenters. The predicted octanol–water partition coefficient (Wildman–Crippen LogP) is 3.18. The summed E-state index contributed by atoms with van der Waals surface area (Å²) in [5, 5.41) is 2.14. The summed E-state index contributed by atoms with van der Waals surface area (Å²) in [6.45, 7) is 4.63. The third kappa shape index (κ3) is 4.69. The number of hydrogen-bond acceptors (Lipinski definition) is 3. The van der Waals surface area contributed by atoms with E-state index in [1.54, 1.807) is 0 Å². The van der Waals surface area contributed by atoms with E-state index in [-0.39, 0.29) is 0 Å². The maximum atomic E-state index is 2.39. The molecular weight excluding hydrogens is 198 g/mol. The molecule has 1 aromatic heterocycles. The lowest BCUT2D eigenvalue weighted by molar-refractivity contribution is 0.356. The van der Waals surface area contributed by atoms with Gasteiger partial charge in [-0.15, -0.1) is 23.1 Å². The third-order valence-corrected chi connectivity index (χ3v) is 3.93. The van der Waals surface area contributed by atoms with E-state index in [1.807, 2.05) is 23.1 Å². The van der Waals surface area contributed by atoms with E-state index in [9.17, 15) is 0 Å². The van der Waals surface area contributed by atoms with Crippen LogP contribution < -0.4 is 0 Å². The highest BCUT2D eigenvalue weighted by atomic mass is 32.2. The fourth-order valence-corrected chi connectivity index (χ4v) is 3.06. The quantitative estimate of drug-likeness (QED) is 0.671. The van der Waals surface area contributed by atoms with Crippen LogP contribution in [0.5, 0.6) is 0 Å². The summed E-state index contributed by atoms with van der Waals surface area (Å²) < 4.78 is 1.44. The van der Waals surface area contributed by atoms with Gasteiger partial charge >= 0.3 is 0 Å². The highest BCUT2D eigenvalue weighted by Crippen LogP contribution is 2.22. The first kappa shape index (κ1) is 11.1. The molecule has 0 N–H and O–H groups in total. The average Bonchev–Trinajstić information content (AvgIpc) is 2.57. The lowest BCUT2D eigenvalue weighted by atomic mass is 10.4. The minimum absolute atomic E-state index is 1.19. The maximum absolute atomic E-state index is 2.39. The number of rotatable bonds is 6. The number of nitrogens with zero attached hydrogens (tertiary/aromatic N) is 1. The van der Waals surface area contributed by atoms with Gasteiger partial charge in [0.05, 0.1) is 4.21 Å². The molecule has 3 heteroatoms. The summed E-state index contributed by atoms with van der Waals surface area (Å²) in [6.07, 6.45) is 1.25. The van der Waals surface area contributed by atoms with Crippen LogP contribution >= 0.6 is 23.1 Å². The lowest BCUT2D eigenvalue weighted by Crippen LogP contribution is -2.21. The Hall–Kier alpha value is 0.01000. The van der Waals surface area contributed by atoms with E-state index in [0.717, 1.165) is 0 Å². The fraction of sp³-hybridized carbons (Fsp3) is 0.600. The second kappa shape index (κ2) is 6.46. The predicted molar refractivity (Wildman–Crippen MR) is 62.8 cm³/mol. The van der Waals surface area contributed by atoms with Gasteiger partial charge in [-0.05, 0) is 31.5 Å². The Labute approximate surface area is 89.1 Å². The molecule has 0 spiro atoms. The molecule has 0 aromatic carbocycles. The zero-order valence-electron chi connectivity index (χ0n) is 8.32. The van der Waals surface area contributed by atoms with Gasteiger partial charge in [0.1, 0.15) is 0 Å². The Morgan fingerprint density at radius 2 is 2.31 bits per heavy atom. The maximum Gasteiger partial charge on any atom is 0.0598 e. The summed E-state index contributed by atoms with van der Waals surface area (Å²) in [7, 11) is 2.19. The lowest BCUT2D eigenvalue weighted by Gasteiger charge is -2.14. The van der Waals surface area contributed by atoms with Crippen LogP contribution in [-0.2, 0) is 0 Å². The molecule has 0 amide bonds. The molecule has 0 aliphatic carbocycles. The van der Waals surface area contributed by atoms with Gasteiger partial charge in [-0.3, -0.25) is 0 Å². The molecule has 1 aromatic rings. The molecule has 13 heavy (non-hydrogen) atoms. The Balaban J connectivity index is 2.07. The zero-order valence-corrected chi connectivity index (χ0v) is 9.96. The van der Waals surface area contributed by atoms with E-state index in [0.29, 0.717) is 0 Å². The minimum atomic E-state index is 1.19. The summed E-state index contributed by atoms with van der Waals surface area (Å²) in [5.74, 6) is 1.21. The van der Waals surface area contributed by atoms with Gasteiger partial charge in [-0.25, -0.2) is 0 Å². The SMILES string of the molecule is CCCN(C)CCSc1cccs1. The first-order chi connectivity index (χ1) is 6.33. The zero-order chi connectivity index (χ0) is 9.52. The normalized spacial score (nSPS) is 11.0. The largest absolute Gasteiger partial charge is 0.306 e. The van der Waals surface area contributed by atoms with E-state index in [1.165, 1.54) is 29.5 Å². The molecule has 0 unspecified atom stereocenters. The van der Waals surface area contributed by atoms with Crippen LogP contribution in [0, 0.1) is 0 Å². The van der Waals surface area contributed by atoms with Crippen molar-refractivity contribution in [3.05, 3.63) is 17.5 Å². The number of hydrogen-bond donors (Lipinski definition) is 0. The Morgan fingerprint density at radius 1 is 1.46 bits per heavy atom. The van der Waals surface area contributed by atoms with Crippen molar-refractivity contribution in [2.75, 3.05) is 25.9 Å². The summed E-state index contributed by atoms with van der Waals surface area (Å²) in [4.78, 5) is 2.39. The van der Waals surface area contributed by atoms with Crippen LogP contribution in [0.15, 0.2) is 21.7 Å². The van der Waals surface area contributed by atoms with Crippen molar-refractivity contribution in [2.24, 2.45) is 0 Å². The van der Waals surface area contributed by atoms with Crippen molar-refractivity contribution in [1.29, 1.82) is 0 Å². The Morgan fingerprint density at radius 3 is 2.92 bits per heavy atom. The molecule has 0 fully saturated rings. The Bertz CT molecular complexity index is 209. The van der Waals surface area contributed by atoms with E-state index < -0.39 is 0 Å². The molecule has 74 valence electrons. The first-order valence-corrected chi connectivity index (χ1v) is 6.54. The van der Waals surface area contributed by atoms with E-state index in [2.05, 4.69) is 36.4 Å². The van der Waals surface area contributed by atoms with Crippen LogP contribution in [0.4, 0.5) is 0 Å². The molecule has 0 radical (unpaired) electrons. The molecule has 0 bridgehead atoms.